The third kappa shape index (κ3) is 1.52. The topological polar surface area (TPSA) is 52.5 Å². The quantitative estimate of drug-likeness (QED) is 0.832. The van der Waals surface area contributed by atoms with Gasteiger partial charge in [-0.15, -0.1) is 0 Å². The lowest BCUT2D eigenvalue weighted by molar-refractivity contribution is 0.417. The highest BCUT2D eigenvalue weighted by atomic mass is 16.5. The van der Waals surface area contributed by atoms with Crippen LogP contribution in [0.1, 0.15) is 19.0 Å². The number of nitrogens with two attached hydrogens (primary N) is 1. The fourth-order valence-corrected chi connectivity index (χ4v) is 1.69. The first-order valence-corrected chi connectivity index (χ1v) is 5.07. The first-order valence-electron chi connectivity index (χ1n) is 5.07. The number of aromatic nitrogens is 2. The maximum atomic E-state index is 5.99. The van der Waals surface area contributed by atoms with E-state index in [1.165, 1.54) is 0 Å². The molecule has 4 nitrogen and oxygen atoms in total. The molecule has 0 fully saturated rings. The highest BCUT2D eigenvalue weighted by Crippen LogP contribution is 2.23. The van der Waals surface area contributed by atoms with Gasteiger partial charge >= 0.3 is 0 Å². The lowest BCUT2D eigenvalue weighted by atomic mass is 10.2. The Balaban J connectivity index is 2.64. The number of hydrogen-bond acceptors (Lipinski definition) is 3. The number of aryl methyl sites for hydroxylation is 1. The lowest BCUT2D eigenvalue weighted by Gasteiger charge is -2.01. The Hall–Kier alpha value is -1.71. The number of nitrogen functional groups attached to an aromatic ring is 1. The van der Waals surface area contributed by atoms with Gasteiger partial charge in [0.1, 0.15) is 5.82 Å². The summed E-state index contributed by atoms with van der Waals surface area (Å²) in [6.07, 6.45) is 3.84. The third-order valence-electron chi connectivity index (χ3n) is 2.43. The van der Waals surface area contributed by atoms with Crippen LogP contribution in [0.25, 0.3) is 5.65 Å². The highest BCUT2D eigenvalue weighted by Gasteiger charge is 2.11. The molecule has 0 unspecified atom stereocenters. The van der Waals surface area contributed by atoms with Gasteiger partial charge in [0.05, 0.1) is 12.8 Å². The second kappa shape index (κ2) is 3.81. The monoisotopic (exact) mass is 205 g/mol. The Morgan fingerprint density at radius 1 is 1.53 bits per heavy atom. The van der Waals surface area contributed by atoms with Gasteiger partial charge in [-0.3, -0.25) is 4.40 Å². The SMILES string of the molecule is CCCc1nc2c(OC)cccn2c1N. The number of nitrogens with zero attached hydrogens (tertiary/aromatic N) is 2. The summed E-state index contributed by atoms with van der Waals surface area (Å²) in [4.78, 5) is 4.49. The van der Waals surface area contributed by atoms with E-state index in [0.29, 0.717) is 5.82 Å². The number of anilines is 1. The second-order valence-corrected chi connectivity index (χ2v) is 3.46. The number of hydrogen-bond donors (Lipinski definition) is 1. The molecule has 0 atom stereocenters. The van der Waals surface area contributed by atoms with E-state index in [2.05, 4.69) is 11.9 Å². The molecule has 0 aliphatic carbocycles. The van der Waals surface area contributed by atoms with E-state index >= 15 is 0 Å². The van der Waals surface area contributed by atoms with Gasteiger partial charge < -0.3 is 10.5 Å². The molecular weight excluding hydrogens is 190 g/mol. The molecule has 0 saturated heterocycles. The molecule has 0 radical (unpaired) electrons. The number of ether oxygens (including phenoxy) is 1. The third-order valence-corrected chi connectivity index (χ3v) is 2.43. The molecule has 2 aromatic rings. The van der Waals surface area contributed by atoms with Crippen LogP contribution in [-0.2, 0) is 6.42 Å². The van der Waals surface area contributed by atoms with Crippen LogP contribution in [-0.4, -0.2) is 16.5 Å². The van der Waals surface area contributed by atoms with Crippen LogP contribution >= 0.6 is 0 Å². The summed E-state index contributed by atoms with van der Waals surface area (Å²) < 4.78 is 7.10. The average Bonchev–Trinajstić information content (AvgIpc) is 2.57. The number of imidazole rings is 1. The molecule has 2 heterocycles. The first-order chi connectivity index (χ1) is 7.27. The fraction of sp³-hybridized carbons (Fsp3) is 0.364. The molecule has 0 aliphatic rings. The van der Waals surface area contributed by atoms with Gasteiger partial charge in [0, 0.05) is 6.20 Å². The maximum Gasteiger partial charge on any atom is 0.181 e. The van der Waals surface area contributed by atoms with Crippen LogP contribution in [0.5, 0.6) is 5.75 Å². The average molecular weight is 205 g/mol. The van der Waals surface area contributed by atoms with E-state index in [1.807, 2.05) is 22.7 Å². The largest absolute Gasteiger partial charge is 0.493 e. The van der Waals surface area contributed by atoms with Crippen LogP contribution in [0.2, 0.25) is 0 Å². The van der Waals surface area contributed by atoms with Crippen molar-refractivity contribution in [2.24, 2.45) is 0 Å². The maximum absolute atomic E-state index is 5.99. The molecule has 0 aromatic carbocycles. The predicted octanol–water partition coefficient (Wildman–Crippen LogP) is 1.88. The van der Waals surface area contributed by atoms with Crippen molar-refractivity contribution < 1.29 is 4.74 Å². The lowest BCUT2D eigenvalue weighted by Crippen LogP contribution is -1.96. The molecule has 0 saturated carbocycles. The van der Waals surface area contributed by atoms with Crippen molar-refractivity contribution in [1.29, 1.82) is 0 Å². The summed E-state index contributed by atoms with van der Waals surface area (Å²) in [6, 6.07) is 3.79. The van der Waals surface area contributed by atoms with Crippen molar-refractivity contribution in [3.63, 3.8) is 0 Å². The van der Waals surface area contributed by atoms with E-state index in [9.17, 15) is 0 Å². The van der Waals surface area contributed by atoms with Gasteiger partial charge in [-0.2, -0.15) is 0 Å². The Kier molecular flexibility index (Phi) is 2.49. The summed E-state index contributed by atoms with van der Waals surface area (Å²) in [7, 11) is 1.64. The van der Waals surface area contributed by atoms with E-state index in [-0.39, 0.29) is 0 Å². The molecule has 2 aromatic heterocycles. The number of fused-ring (bicyclic) bond motifs is 1. The highest BCUT2D eigenvalue weighted by molar-refractivity contribution is 5.61. The zero-order chi connectivity index (χ0) is 10.8. The predicted molar refractivity (Wildman–Crippen MR) is 60.2 cm³/mol. The molecule has 2 N–H and O–H groups in total. The van der Waals surface area contributed by atoms with Crippen LogP contribution in [0.15, 0.2) is 18.3 Å². The van der Waals surface area contributed by atoms with E-state index < -0.39 is 0 Å². The van der Waals surface area contributed by atoms with Gasteiger partial charge in [-0.1, -0.05) is 13.3 Å². The standard InChI is InChI=1S/C11H15N3O/c1-3-5-8-10(12)14-7-4-6-9(15-2)11(14)13-8/h4,6-7H,3,5,12H2,1-2H3. The fourth-order valence-electron chi connectivity index (χ4n) is 1.69. The van der Waals surface area contributed by atoms with Crippen molar-refractivity contribution in [2.45, 2.75) is 19.8 Å². The van der Waals surface area contributed by atoms with Gasteiger partial charge in [0.25, 0.3) is 0 Å². The van der Waals surface area contributed by atoms with Crippen LogP contribution < -0.4 is 10.5 Å². The zero-order valence-electron chi connectivity index (χ0n) is 9.03. The summed E-state index contributed by atoms with van der Waals surface area (Å²) in [6.45, 7) is 2.11. The Labute approximate surface area is 88.7 Å². The second-order valence-electron chi connectivity index (χ2n) is 3.46. The number of pyridine rings is 1. The smallest absolute Gasteiger partial charge is 0.181 e. The molecule has 0 amide bonds. The van der Waals surface area contributed by atoms with E-state index in [0.717, 1.165) is 29.9 Å². The normalized spacial score (nSPS) is 10.8. The van der Waals surface area contributed by atoms with Gasteiger partial charge in [-0.25, -0.2) is 4.98 Å². The Bertz CT molecular complexity index is 476. The molecular formula is C11H15N3O. The minimum absolute atomic E-state index is 0.714. The molecule has 0 spiro atoms. The molecule has 0 aliphatic heterocycles. The summed E-state index contributed by atoms with van der Waals surface area (Å²) in [5.41, 5.74) is 7.73. The van der Waals surface area contributed by atoms with Crippen molar-refractivity contribution in [3.8, 4) is 5.75 Å². The van der Waals surface area contributed by atoms with Crippen molar-refractivity contribution in [2.75, 3.05) is 12.8 Å². The van der Waals surface area contributed by atoms with Crippen LogP contribution in [0, 0.1) is 0 Å². The van der Waals surface area contributed by atoms with Gasteiger partial charge in [0.2, 0.25) is 0 Å². The van der Waals surface area contributed by atoms with Crippen molar-refractivity contribution >= 4 is 11.5 Å². The minimum atomic E-state index is 0.714. The number of rotatable bonds is 3. The van der Waals surface area contributed by atoms with Crippen LogP contribution in [0.3, 0.4) is 0 Å². The van der Waals surface area contributed by atoms with E-state index in [1.54, 1.807) is 7.11 Å². The first kappa shape index (κ1) is 9.83. The van der Waals surface area contributed by atoms with Crippen molar-refractivity contribution in [1.82, 2.24) is 9.38 Å². The molecule has 15 heavy (non-hydrogen) atoms. The number of methoxy groups -OCH3 is 1. The Morgan fingerprint density at radius 2 is 2.33 bits per heavy atom. The Morgan fingerprint density at radius 3 is 3.00 bits per heavy atom. The molecule has 2 rings (SSSR count). The zero-order valence-corrected chi connectivity index (χ0v) is 9.03. The van der Waals surface area contributed by atoms with Gasteiger partial charge in [-0.05, 0) is 18.6 Å². The molecule has 4 heteroatoms. The van der Waals surface area contributed by atoms with Crippen LogP contribution in [0.4, 0.5) is 5.82 Å². The van der Waals surface area contributed by atoms with Crippen molar-refractivity contribution in [3.05, 3.63) is 24.0 Å². The molecule has 0 bridgehead atoms. The van der Waals surface area contributed by atoms with E-state index in [4.69, 9.17) is 10.5 Å². The summed E-state index contributed by atoms with van der Waals surface area (Å²) in [5, 5.41) is 0. The van der Waals surface area contributed by atoms with Gasteiger partial charge in [0.15, 0.2) is 11.4 Å². The summed E-state index contributed by atoms with van der Waals surface area (Å²) >= 11 is 0. The summed E-state index contributed by atoms with van der Waals surface area (Å²) in [5.74, 6) is 1.47. The molecule has 80 valence electrons. The minimum Gasteiger partial charge on any atom is -0.493 e.